The van der Waals surface area contributed by atoms with Gasteiger partial charge in [0.25, 0.3) is 10.2 Å². The van der Waals surface area contributed by atoms with E-state index in [1.807, 2.05) is 6.92 Å². The summed E-state index contributed by atoms with van der Waals surface area (Å²) in [7, 11) is -2.29. The van der Waals surface area contributed by atoms with E-state index in [-0.39, 0.29) is 25.6 Å². The molecule has 1 saturated heterocycles. The van der Waals surface area contributed by atoms with Gasteiger partial charge in [0.05, 0.1) is 6.61 Å². The summed E-state index contributed by atoms with van der Waals surface area (Å²) in [6, 6.07) is -0.973. The summed E-state index contributed by atoms with van der Waals surface area (Å²) in [5, 5.41) is 9.20. The van der Waals surface area contributed by atoms with E-state index in [1.54, 1.807) is 0 Å². The highest BCUT2D eigenvalue weighted by atomic mass is 32.2. The summed E-state index contributed by atoms with van der Waals surface area (Å²) in [6.07, 6.45) is 1.94. The van der Waals surface area contributed by atoms with E-state index in [1.165, 1.54) is 7.11 Å². The molecular formula is C11H22N2O5S. The van der Waals surface area contributed by atoms with Gasteiger partial charge in [-0.2, -0.15) is 17.4 Å². The molecule has 1 aliphatic rings. The lowest BCUT2D eigenvalue weighted by Crippen LogP contribution is -2.54. The number of hydrogen-bond acceptors (Lipinski definition) is 4. The van der Waals surface area contributed by atoms with Gasteiger partial charge in [0.1, 0.15) is 6.04 Å². The van der Waals surface area contributed by atoms with Gasteiger partial charge in [-0.1, -0.05) is 13.3 Å². The van der Waals surface area contributed by atoms with E-state index < -0.39 is 22.2 Å². The summed E-state index contributed by atoms with van der Waals surface area (Å²) < 4.78 is 32.3. The molecule has 0 radical (unpaired) electrons. The maximum atomic E-state index is 12.1. The van der Waals surface area contributed by atoms with Crippen LogP contribution in [0.5, 0.6) is 0 Å². The van der Waals surface area contributed by atoms with Crippen molar-refractivity contribution in [2.45, 2.75) is 32.2 Å². The van der Waals surface area contributed by atoms with Crippen LogP contribution in [0.2, 0.25) is 0 Å². The van der Waals surface area contributed by atoms with E-state index >= 15 is 0 Å². The zero-order valence-electron chi connectivity index (χ0n) is 11.3. The molecule has 0 bridgehead atoms. The van der Waals surface area contributed by atoms with Gasteiger partial charge < -0.3 is 9.84 Å². The van der Waals surface area contributed by atoms with Gasteiger partial charge >= 0.3 is 5.97 Å². The Balaban J connectivity index is 2.76. The molecule has 0 spiro atoms. The number of rotatable bonds is 7. The lowest BCUT2D eigenvalue weighted by Gasteiger charge is -2.35. The summed E-state index contributed by atoms with van der Waals surface area (Å²) in [6.45, 7) is 2.63. The number of nitrogens with zero attached hydrogens (tertiary/aromatic N) is 1. The molecule has 1 rings (SSSR count). The number of methoxy groups -OCH3 is 1. The van der Waals surface area contributed by atoms with Crippen LogP contribution in [0.15, 0.2) is 0 Å². The van der Waals surface area contributed by atoms with Crippen LogP contribution < -0.4 is 4.72 Å². The molecular weight excluding hydrogens is 272 g/mol. The molecule has 19 heavy (non-hydrogen) atoms. The zero-order chi connectivity index (χ0) is 14.5. The van der Waals surface area contributed by atoms with Crippen molar-refractivity contribution in [2.75, 3.05) is 26.8 Å². The predicted molar refractivity (Wildman–Crippen MR) is 69.9 cm³/mol. The van der Waals surface area contributed by atoms with Crippen LogP contribution in [0.25, 0.3) is 0 Å². The van der Waals surface area contributed by atoms with Gasteiger partial charge in [0.2, 0.25) is 0 Å². The van der Waals surface area contributed by atoms with Crippen molar-refractivity contribution in [1.82, 2.24) is 9.03 Å². The summed E-state index contributed by atoms with van der Waals surface area (Å²) >= 11 is 0. The van der Waals surface area contributed by atoms with Crippen LogP contribution in [0.4, 0.5) is 0 Å². The van der Waals surface area contributed by atoms with Crippen LogP contribution >= 0.6 is 0 Å². The van der Waals surface area contributed by atoms with E-state index in [4.69, 9.17) is 4.74 Å². The number of carboxylic acid groups (broad SMARTS) is 1. The largest absolute Gasteiger partial charge is 0.480 e. The molecule has 2 N–H and O–H groups in total. The molecule has 7 nitrogen and oxygen atoms in total. The smallest absolute Gasteiger partial charge is 0.322 e. The first-order chi connectivity index (χ1) is 8.92. The van der Waals surface area contributed by atoms with Crippen LogP contribution in [0.3, 0.4) is 0 Å². The highest BCUT2D eigenvalue weighted by Gasteiger charge is 2.39. The molecule has 2 atom stereocenters. The average molecular weight is 294 g/mol. The highest BCUT2D eigenvalue weighted by Crippen LogP contribution is 2.27. The first kappa shape index (κ1) is 16.4. The van der Waals surface area contributed by atoms with Gasteiger partial charge in [0.15, 0.2) is 0 Å². The van der Waals surface area contributed by atoms with Crippen molar-refractivity contribution >= 4 is 16.2 Å². The van der Waals surface area contributed by atoms with E-state index in [9.17, 15) is 18.3 Å². The Morgan fingerprint density at radius 2 is 2.21 bits per heavy atom. The second-order valence-corrected chi connectivity index (χ2v) is 6.36. The van der Waals surface area contributed by atoms with Gasteiger partial charge in [0, 0.05) is 20.2 Å². The van der Waals surface area contributed by atoms with Crippen molar-refractivity contribution in [3.63, 3.8) is 0 Å². The normalized spacial score (nSPS) is 25.4. The SMILES string of the molecule is CCC1CCN(S(=O)(=O)NCCOC)C(C(=O)O)C1. The number of nitrogens with one attached hydrogen (secondary N) is 1. The van der Waals surface area contributed by atoms with Gasteiger partial charge in [-0.3, -0.25) is 4.79 Å². The van der Waals surface area contributed by atoms with Crippen LogP contribution in [-0.4, -0.2) is 56.6 Å². The molecule has 0 aromatic carbocycles. The molecule has 1 heterocycles. The first-order valence-electron chi connectivity index (χ1n) is 6.40. The lowest BCUT2D eigenvalue weighted by atomic mass is 9.90. The molecule has 0 aliphatic carbocycles. The van der Waals surface area contributed by atoms with Gasteiger partial charge in [-0.05, 0) is 18.8 Å². The number of piperidine rings is 1. The minimum Gasteiger partial charge on any atom is -0.480 e. The summed E-state index contributed by atoms with van der Waals surface area (Å²) in [5.74, 6) is -0.818. The van der Waals surface area contributed by atoms with Gasteiger partial charge in [-0.15, -0.1) is 0 Å². The average Bonchev–Trinajstić information content (AvgIpc) is 2.38. The second-order valence-electron chi connectivity index (χ2n) is 4.66. The topological polar surface area (TPSA) is 95.9 Å². The monoisotopic (exact) mass is 294 g/mol. The minimum absolute atomic E-state index is 0.138. The van der Waals surface area contributed by atoms with Crippen LogP contribution in [-0.2, 0) is 19.7 Å². The molecule has 0 amide bonds. The molecule has 2 unspecified atom stereocenters. The molecule has 0 saturated carbocycles. The quantitative estimate of drug-likeness (QED) is 0.646. The molecule has 1 aliphatic heterocycles. The maximum absolute atomic E-state index is 12.1. The number of carboxylic acids is 1. The molecule has 112 valence electrons. The minimum atomic E-state index is -3.76. The van der Waals surface area contributed by atoms with Crippen molar-refractivity contribution in [2.24, 2.45) is 5.92 Å². The van der Waals surface area contributed by atoms with Crippen molar-refractivity contribution < 1.29 is 23.1 Å². The predicted octanol–water partition coefficient (Wildman–Crippen LogP) is 0.0424. The standard InChI is InChI=1S/C11H22N2O5S/c1-3-9-4-6-13(10(8-9)11(14)15)19(16,17)12-5-7-18-2/h9-10,12H,3-8H2,1-2H3,(H,14,15). The van der Waals surface area contributed by atoms with Crippen LogP contribution in [0.1, 0.15) is 26.2 Å². The van der Waals surface area contributed by atoms with Crippen molar-refractivity contribution in [1.29, 1.82) is 0 Å². The van der Waals surface area contributed by atoms with Crippen molar-refractivity contribution in [3.8, 4) is 0 Å². The van der Waals surface area contributed by atoms with E-state index in [0.29, 0.717) is 12.8 Å². The third kappa shape index (κ3) is 4.41. The number of carbonyl (C=O) groups is 1. The highest BCUT2D eigenvalue weighted by molar-refractivity contribution is 7.87. The molecule has 1 fully saturated rings. The number of hydrogen-bond donors (Lipinski definition) is 2. The second kappa shape index (κ2) is 7.18. The van der Waals surface area contributed by atoms with E-state index in [0.717, 1.165) is 10.7 Å². The summed E-state index contributed by atoms with van der Waals surface area (Å²) in [4.78, 5) is 11.2. The number of aliphatic carboxylic acids is 1. The Kier molecular flexibility index (Phi) is 6.18. The molecule has 0 aromatic heterocycles. The Morgan fingerprint density at radius 3 is 2.74 bits per heavy atom. The Labute approximate surface area is 114 Å². The van der Waals surface area contributed by atoms with Crippen LogP contribution in [0, 0.1) is 5.92 Å². The Morgan fingerprint density at radius 1 is 1.53 bits per heavy atom. The summed E-state index contributed by atoms with van der Waals surface area (Å²) in [5.41, 5.74) is 0. The third-order valence-corrected chi connectivity index (χ3v) is 5.05. The lowest BCUT2D eigenvalue weighted by molar-refractivity contribution is -0.143. The molecule has 0 aromatic rings. The maximum Gasteiger partial charge on any atom is 0.322 e. The fraction of sp³-hybridized carbons (Fsp3) is 0.909. The fourth-order valence-electron chi connectivity index (χ4n) is 2.25. The number of ether oxygens (including phenoxy) is 1. The van der Waals surface area contributed by atoms with Gasteiger partial charge in [-0.25, -0.2) is 0 Å². The first-order valence-corrected chi connectivity index (χ1v) is 7.84. The fourth-order valence-corrected chi connectivity index (χ4v) is 3.62. The third-order valence-electron chi connectivity index (χ3n) is 3.42. The van der Waals surface area contributed by atoms with Crippen molar-refractivity contribution in [3.05, 3.63) is 0 Å². The zero-order valence-corrected chi connectivity index (χ0v) is 12.1. The Hall–Kier alpha value is -0.700. The Bertz CT molecular complexity index is 398. The van der Waals surface area contributed by atoms with E-state index in [2.05, 4.69) is 4.72 Å². The molecule has 8 heteroatoms.